The minimum Gasteiger partial charge on any atom is -0.467 e. The minimum absolute atomic E-state index is 0.287. The molecule has 20 heavy (non-hydrogen) atoms. The van der Waals surface area contributed by atoms with E-state index in [1.165, 1.54) is 7.11 Å². The van der Waals surface area contributed by atoms with Gasteiger partial charge in [-0.15, -0.1) is 6.42 Å². The summed E-state index contributed by atoms with van der Waals surface area (Å²) in [4.78, 5) is 12.2. The molecule has 1 atom stereocenters. The Bertz CT molecular complexity index is 667. The fourth-order valence-corrected chi connectivity index (χ4v) is 2.37. The Kier molecular flexibility index (Phi) is 4.07. The predicted molar refractivity (Wildman–Crippen MR) is 80.2 cm³/mol. The molecule has 0 bridgehead atoms. The number of rotatable bonds is 4. The van der Waals surface area contributed by atoms with E-state index in [2.05, 4.69) is 11.2 Å². The van der Waals surface area contributed by atoms with E-state index < -0.39 is 5.54 Å². The van der Waals surface area contributed by atoms with Crippen LogP contribution >= 0.6 is 0 Å². The third-order valence-electron chi connectivity index (χ3n) is 3.47. The van der Waals surface area contributed by atoms with Gasteiger partial charge in [-0.25, -0.2) is 4.79 Å². The normalized spacial score (nSPS) is 13.4. The highest BCUT2D eigenvalue weighted by molar-refractivity contribution is 5.93. The lowest BCUT2D eigenvalue weighted by atomic mass is 9.87. The average molecular weight is 267 g/mol. The summed E-state index contributed by atoms with van der Waals surface area (Å²) < 4.78 is 4.95. The summed E-state index contributed by atoms with van der Waals surface area (Å²) in [5, 5.41) is 5.17. The summed E-state index contributed by atoms with van der Waals surface area (Å²) in [7, 11) is 1.38. The molecule has 0 aliphatic rings. The molecule has 1 unspecified atom stereocenters. The Balaban J connectivity index is 2.63. The van der Waals surface area contributed by atoms with Crippen molar-refractivity contribution in [2.45, 2.75) is 12.5 Å². The van der Waals surface area contributed by atoms with E-state index in [-0.39, 0.29) is 12.5 Å². The van der Waals surface area contributed by atoms with Crippen LogP contribution in [0.4, 0.5) is 0 Å². The van der Waals surface area contributed by atoms with Gasteiger partial charge in [0.15, 0.2) is 0 Å². The van der Waals surface area contributed by atoms with Gasteiger partial charge >= 0.3 is 5.97 Å². The van der Waals surface area contributed by atoms with Crippen LogP contribution in [0.3, 0.4) is 0 Å². The molecule has 1 N–H and O–H groups in total. The zero-order valence-corrected chi connectivity index (χ0v) is 11.6. The van der Waals surface area contributed by atoms with E-state index in [9.17, 15) is 4.79 Å². The van der Waals surface area contributed by atoms with Crippen molar-refractivity contribution in [3.8, 4) is 12.3 Å². The van der Waals surface area contributed by atoms with Crippen LogP contribution in [0.25, 0.3) is 10.8 Å². The predicted octanol–water partition coefficient (Wildman–Crippen LogP) is 2.45. The third-order valence-corrected chi connectivity index (χ3v) is 3.47. The molecule has 3 nitrogen and oxygen atoms in total. The van der Waals surface area contributed by atoms with Crippen LogP contribution in [-0.2, 0) is 15.1 Å². The number of hydrogen-bond acceptors (Lipinski definition) is 3. The largest absolute Gasteiger partial charge is 0.467 e. The molecule has 0 aromatic heterocycles. The second kappa shape index (κ2) is 5.77. The molecular formula is C17H17NO2. The molecule has 2 aromatic rings. The maximum atomic E-state index is 12.2. The molecular weight excluding hydrogens is 250 g/mol. The highest BCUT2D eigenvalue weighted by atomic mass is 16.5. The van der Waals surface area contributed by atoms with Crippen molar-refractivity contribution < 1.29 is 9.53 Å². The van der Waals surface area contributed by atoms with Crippen LogP contribution in [0.15, 0.2) is 42.5 Å². The van der Waals surface area contributed by atoms with Gasteiger partial charge in [-0.3, -0.25) is 5.32 Å². The molecule has 0 fully saturated rings. The van der Waals surface area contributed by atoms with Crippen LogP contribution in [-0.4, -0.2) is 19.6 Å². The first-order valence-electron chi connectivity index (χ1n) is 6.38. The van der Waals surface area contributed by atoms with Crippen LogP contribution in [0, 0.1) is 12.3 Å². The molecule has 2 rings (SSSR count). The van der Waals surface area contributed by atoms with Crippen molar-refractivity contribution in [2.75, 3.05) is 13.7 Å². The van der Waals surface area contributed by atoms with E-state index in [0.717, 1.165) is 16.3 Å². The van der Waals surface area contributed by atoms with Gasteiger partial charge in [0.2, 0.25) is 0 Å². The fourth-order valence-electron chi connectivity index (χ4n) is 2.37. The molecule has 102 valence electrons. The lowest BCUT2D eigenvalue weighted by Crippen LogP contribution is -2.47. The number of ether oxygens (including phenoxy) is 1. The summed E-state index contributed by atoms with van der Waals surface area (Å²) in [5.41, 5.74) is -0.111. The monoisotopic (exact) mass is 267 g/mol. The Morgan fingerprint density at radius 2 is 2.00 bits per heavy atom. The molecule has 3 heteroatoms. The Hall–Kier alpha value is -2.31. The topological polar surface area (TPSA) is 38.3 Å². The SMILES string of the molecule is C#CCNC(C)(C(=O)OC)c1cccc2ccccc12. The summed E-state index contributed by atoms with van der Waals surface area (Å²) in [5.74, 6) is 2.14. The van der Waals surface area contributed by atoms with Crippen molar-refractivity contribution in [1.29, 1.82) is 0 Å². The second-order valence-corrected chi connectivity index (χ2v) is 4.70. The number of methoxy groups -OCH3 is 1. The van der Waals surface area contributed by atoms with Crippen molar-refractivity contribution in [1.82, 2.24) is 5.32 Å². The van der Waals surface area contributed by atoms with Gasteiger partial charge in [-0.1, -0.05) is 48.4 Å². The Morgan fingerprint density at radius 3 is 2.70 bits per heavy atom. The molecule has 0 heterocycles. The summed E-state index contributed by atoms with van der Waals surface area (Å²) in [6, 6.07) is 13.8. The molecule has 0 aliphatic heterocycles. The zero-order valence-electron chi connectivity index (χ0n) is 11.6. The molecule has 2 aromatic carbocycles. The van der Waals surface area contributed by atoms with Crippen molar-refractivity contribution in [3.63, 3.8) is 0 Å². The van der Waals surface area contributed by atoms with E-state index in [1.54, 1.807) is 6.92 Å². The van der Waals surface area contributed by atoms with Gasteiger partial charge in [-0.05, 0) is 23.3 Å². The Labute approximate surface area is 118 Å². The fraction of sp³-hybridized carbons (Fsp3) is 0.235. The third kappa shape index (κ3) is 2.38. The molecule has 0 saturated heterocycles. The van der Waals surface area contributed by atoms with Gasteiger partial charge in [0.05, 0.1) is 13.7 Å². The Morgan fingerprint density at radius 1 is 1.30 bits per heavy atom. The first-order chi connectivity index (χ1) is 9.63. The maximum absolute atomic E-state index is 12.2. The number of esters is 1. The minimum atomic E-state index is -0.970. The molecule has 0 spiro atoms. The number of hydrogen-bond donors (Lipinski definition) is 1. The molecule has 0 amide bonds. The number of nitrogens with one attached hydrogen (secondary N) is 1. The smallest absolute Gasteiger partial charge is 0.330 e. The van der Waals surface area contributed by atoms with Gasteiger partial charge < -0.3 is 4.74 Å². The van der Waals surface area contributed by atoms with Crippen molar-refractivity contribution in [3.05, 3.63) is 48.0 Å². The first kappa shape index (κ1) is 14.1. The number of fused-ring (bicyclic) bond motifs is 1. The quantitative estimate of drug-likeness (QED) is 0.683. The van der Waals surface area contributed by atoms with Crippen LogP contribution < -0.4 is 5.32 Å². The van der Waals surface area contributed by atoms with Gasteiger partial charge in [-0.2, -0.15) is 0 Å². The van der Waals surface area contributed by atoms with E-state index in [4.69, 9.17) is 11.2 Å². The standard InChI is InChI=1S/C17H17NO2/c1-4-12-18-17(2,16(19)20-3)15-11-7-9-13-8-5-6-10-14(13)15/h1,5-11,18H,12H2,2-3H3. The van der Waals surface area contributed by atoms with Crippen LogP contribution in [0.1, 0.15) is 12.5 Å². The highest BCUT2D eigenvalue weighted by Crippen LogP contribution is 2.29. The van der Waals surface area contributed by atoms with Crippen LogP contribution in [0.5, 0.6) is 0 Å². The van der Waals surface area contributed by atoms with E-state index in [1.807, 2.05) is 42.5 Å². The molecule has 0 aliphatic carbocycles. The second-order valence-electron chi connectivity index (χ2n) is 4.70. The zero-order chi connectivity index (χ0) is 14.6. The highest BCUT2D eigenvalue weighted by Gasteiger charge is 2.36. The van der Waals surface area contributed by atoms with Crippen molar-refractivity contribution >= 4 is 16.7 Å². The van der Waals surface area contributed by atoms with E-state index in [0.29, 0.717) is 0 Å². The maximum Gasteiger partial charge on any atom is 0.330 e. The first-order valence-corrected chi connectivity index (χ1v) is 6.38. The van der Waals surface area contributed by atoms with Gasteiger partial charge in [0.1, 0.15) is 5.54 Å². The lowest BCUT2D eigenvalue weighted by Gasteiger charge is -2.29. The summed E-state index contributed by atoms with van der Waals surface area (Å²) >= 11 is 0. The van der Waals surface area contributed by atoms with Gasteiger partial charge in [0.25, 0.3) is 0 Å². The van der Waals surface area contributed by atoms with E-state index >= 15 is 0 Å². The van der Waals surface area contributed by atoms with Gasteiger partial charge in [0, 0.05) is 0 Å². The van der Waals surface area contributed by atoms with Crippen molar-refractivity contribution in [2.24, 2.45) is 0 Å². The average Bonchev–Trinajstić information content (AvgIpc) is 2.51. The summed E-state index contributed by atoms with van der Waals surface area (Å²) in [6.45, 7) is 2.08. The van der Waals surface area contributed by atoms with Crippen LogP contribution in [0.2, 0.25) is 0 Å². The summed E-state index contributed by atoms with van der Waals surface area (Å²) in [6.07, 6.45) is 5.30. The number of carbonyl (C=O) groups is 1. The molecule has 0 saturated carbocycles. The number of terminal acetylenes is 1. The molecule has 0 radical (unpaired) electrons. The number of benzene rings is 2. The number of carbonyl (C=O) groups excluding carboxylic acids is 1. The lowest BCUT2D eigenvalue weighted by molar-refractivity contribution is -0.148.